The van der Waals surface area contributed by atoms with Gasteiger partial charge in [-0.25, -0.2) is 9.78 Å². The Morgan fingerprint density at radius 1 is 1.21 bits per heavy atom. The third kappa shape index (κ3) is 5.60. The first-order valence-electron chi connectivity index (χ1n) is 9.78. The number of ether oxygens (including phenoxy) is 1. The second-order valence-corrected chi connectivity index (χ2v) is 7.17. The van der Waals surface area contributed by atoms with E-state index in [0.717, 1.165) is 19.3 Å². The maximum atomic E-state index is 13.1. The fraction of sp³-hybridized carbons (Fsp3) is 0.381. The molecule has 154 valence electrons. The van der Waals surface area contributed by atoms with Gasteiger partial charge in [0.15, 0.2) is 5.69 Å². The van der Waals surface area contributed by atoms with E-state index in [1.54, 1.807) is 17.0 Å². The van der Waals surface area contributed by atoms with E-state index in [2.05, 4.69) is 15.6 Å². The Hall–Kier alpha value is -2.80. The van der Waals surface area contributed by atoms with Gasteiger partial charge in [0.1, 0.15) is 0 Å². The first-order chi connectivity index (χ1) is 14.1. The van der Waals surface area contributed by atoms with Gasteiger partial charge in [-0.2, -0.15) is 0 Å². The highest BCUT2D eigenvalue weighted by Gasteiger charge is 2.30. The van der Waals surface area contributed by atoms with Crippen molar-refractivity contribution in [3.8, 4) is 5.88 Å². The molecule has 0 saturated carbocycles. The van der Waals surface area contributed by atoms with Crippen molar-refractivity contribution in [2.24, 2.45) is 0 Å². The Labute approximate surface area is 175 Å². The number of benzene rings is 1. The zero-order valence-corrected chi connectivity index (χ0v) is 17.1. The standard InChI is InChI=1S/C21H25ClN4O3/c1-2-29-18-12-11-17(22)19(25-18)20(27)26-13-7-6-10-16(26)14-23-21(28)24-15-8-4-3-5-9-15/h3-5,8-9,11-12,16H,2,6-7,10,13-14H2,1H3,(H2,23,24,28). The van der Waals surface area contributed by atoms with E-state index >= 15 is 0 Å². The number of para-hydroxylation sites is 1. The quantitative estimate of drug-likeness (QED) is 0.746. The Kier molecular flexibility index (Phi) is 7.30. The van der Waals surface area contributed by atoms with Gasteiger partial charge in [-0.05, 0) is 44.4 Å². The minimum Gasteiger partial charge on any atom is -0.478 e. The SMILES string of the molecule is CCOc1ccc(Cl)c(C(=O)N2CCCCC2CNC(=O)Nc2ccccc2)n1. The van der Waals surface area contributed by atoms with Crippen molar-refractivity contribution in [2.45, 2.75) is 32.2 Å². The Bertz CT molecular complexity index is 847. The van der Waals surface area contributed by atoms with E-state index < -0.39 is 0 Å². The minimum atomic E-state index is -0.302. The van der Waals surface area contributed by atoms with Crippen LogP contribution < -0.4 is 15.4 Å². The van der Waals surface area contributed by atoms with Crippen LogP contribution in [0, 0.1) is 0 Å². The molecular formula is C21H25ClN4O3. The highest BCUT2D eigenvalue weighted by molar-refractivity contribution is 6.33. The second-order valence-electron chi connectivity index (χ2n) is 6.76. The minimum absolute atomic E-state index is 0.119. The summed E-state index contributed by atoms with van der Waals surface area (Å²) in [7, 11) is 0. The number of likely N-dealkylation sites (tertiary alicyclic amines) is 1. The predicted molar refractivity (Wildman–Crippen MR) is 113 cm³/mol. The fourth-order valence-corrected chi connectivity index (χ4v) is 3.51. The summed E-state index contributed by atoms with van der Waals surface area (Å²) >= 11 is 6.23. The molecule has 1 fully saturated rings. The van der Waals surface area contributed by atoms with E-state index in [4.69, 9.17) is 16.3 Å². The lowest BCUT2D eigenvalue weighted by atomic mass is 10.0. The predicted octanol–water partition coefficient (Wildman–Crippen LogP) is 3.95. The molecule has 0 bridgehead atoms. The van der Waals surface area contributed by atoms with Crippen LogP contribution in [0.5, 0.6) is 5.88 Å². The Balaban J connectivity index is 1.65. The van der Waals surface area contributed by atoms with Crippen LogP contribution in [0.2, 0.25) is 5.02 Å². The van der Waals surface area contributed by atoms with Gasteiger partial charge in [-0.3, -0.25) is 4.79 Å². The number of aromatic nitrogens is 1. The number of nitrogens with zero attached hydrogens (tertiary/aromatic N) is 2. The maximum Gasteiger partial charge on any atom is 0.319 e. The Morgan fingerprint density at radius 2 is 2.00 bits per heavy atom. The van der Waals surface area contributed by atoms with Crippen LogP contribution in [0.3, 0.4) is 0 Å². The molecule has 2 heterocycles. The van der Waals surface area contributed by atoms with E-state index in [-0.39, 0.29) is 28.7 Å². The van der Waals surface area contributed by atoms with Crippen molar-refractivity contribution >= 4 is 29.2 Å². The number of anilines is 1. The van der Waals surface area contributed by atoms with Crippen LogP contribution in [0.15, 0.2) is 42.5 Å². The molecule has 2 aromatic rings. The number of carbonyl (C=O) groups is 2. The number of urea groups is 1. The summed E-state index contributed by atoms with van der Waals surface area (Å²) in [6.45, 7) is 3.26. The van der Waals surface area contributed by atoms with E-state index in [0.29, 0.717) is 31.3 Å². The molecular weight excluding hydrogens is 392 g/mol. The topological polar surface area (TPSA) is 83.6 Å². The smallest absolute Gasteiger partial charge is 0.319 e. The number of rotatable bonds is 6. The maximum absolute atomic E-state index is 13.1. The first-order valence-corrected chi connectivity index (χ1v) is 10.2. The van der Waals surface area contributed by atoms with E-state index in [1.165, 1.54) is 0 Å². The van der Waals surface area contributed by atoms with Crippen LogP contribution in [0.25, 0.3) is 0 Å². The summed E-state index contributed by atoms with van der Waals surface area (Å²) in [4.78, 5) is 31.3. The summed E-state index contributed by atoms with van der Waals surface area (Å²) in [5.74, 6) is 0.126. The molecule has 1 aliphatic heterocycles. The van der Waals surface area contributed by atoms with Crippen LogP contribution >= 0.6 is 11.6 Å². The van der Waals surface area contributed by atoms with Gasteiger partial charge in [0, 0.05) is 30.9 Å². The summed E-state index contributed by atoms with van der Waals surface area (Å²) < 4.78 is 5.40. The van der Waals surface area contributed by atoms with Crippen LogP contribution in [0.1, 0.15) is 36.7 Å². The van der Waals surface area contributed by atoms with E-state index in [9.17, 15) is 9.59 Å². The van der Waals surface area contributed by atoms with Crippen molar-refractivity contribution in [3.05, 3.63) is 53.2 Å². The summed E-state index contributed by atoms with van der Waals surface area (Å²) in [5, 5.41) is 5.94. The first kappa shape index (κ1) is 20.9. The molecule has 3 amide bonds. The van der Waals surface area contributed by atoms with Crippen molar-refractivity contribution in [2.75, 3.05) is 25.0 Å². The summed E-state index contributed by atoms with van der Waals surface area (Å²) in [6.07, 6.45) is 2.71. The molecule has 1 aromatic heterocycles. The van der Waals surface area contributed by atoms with Gasteiger partial charge in [0.2, 0.25) is 5.88 Å². The Morgan fingerprint density at radius 3 is 2.76 bits per heavy atom. The lowest BCUT2D eigenvalue weighted by Crippen LogP contribution is -2.50. The van der Waals surface area contributed by atoms with Crippen LogP contribution in [-0.2, 0) is 0 Å². The number of piperidine rings is 1. The van der Waals surface area contributed by atoms with Gasteiger partial charge in [-0.15, -0.1) is 0 Å². The molecule has 3 rings (SSSR count). The number of amides is 3. The highest BCUT2D eigenvalue weighted by atomic mass is 35.5. The zero-order valence-electron chi connectivity index (χ0n) is 16.4. The monoisotopic (exact) mass is 416 g/mol. The average molecular weight is 417 g/mol. The molecule has 0 radical (unpaired) electrons. The zero-order chi connectivity index (χ0) is 20.6. The third-order valence-electron chi connectivity index (χ3n) is 4.73. The normalized spacial score (nSPS) is 16.2. The lowest BCUT2D eigenvalue weighted by Gasteiger charge is -2.35. The van der Waals surface area contributed by atoms with Gasteiger partial charge < -0.3 is 20.3 Å². The van der Waals surface area contributed by atoms with E-state index in [1.807, 2.05) is 37.3 Å². The number of halogens is 1. The van der Waals surface area contributed by atoms with Crippen molar-refractivity contribution in [1.82, 2.24) is 15.2 Å². The fourth-order valence-electron chi connectivity index (χ4n) is 3.33. The molecule has 1 saturated heterocycles. The molecule has 0 spiro atoms. The number of carbonyl (C=O) groups excluding carboxylic acids is 2. The number of hydrogen-bond acceptors (Lipinski definition) is 4. The van der Waals surface area contributed by atoms with Crippen LogP contribution in [0.4, 0.5) is 10.5 Å². The van der Waals surface area contributed by atoms with Gasteiger partial charge in [0.05, 0.1) is 11.6 Å². The second kappa shape index (κ2) is 10.1. The molecule has 1 aromatic carbocycles. The molecule has 0 aliphatic carbocycles. The van der Waals surface area contributed by atoms with Gasteiger partial charge in [0.25, 0.3) is 5.91 Å². The third-order valence-corrected chi connectivity index (χ3v) is 5.04. The molecule has 8 heteroatoms. The molecule has 29 heavy (non-hydrogen) atoms. The highest BCUT2D eigenvalue weighted by Crippen LogP contribution is 2.24. The molecule has 1 unspecified atom stereocenters. The van der Waals surface area contributed by atoms with Crippen molar-refractivity contribution < 1.29 is 14.3 Å². The summed E-state index contributed by atoms with van der Waals surface area (Å²) in [6, 6.07) is 12.1. The number of nitrogens with one attached hydrogen (secondary N) is 2. The van der Waals surface area contributed by atoms with Crippen LogP contribution in [-0.4, -0.2) is 47.6 Å². The summed E-state index contributed by atoms with van der Waals surface area (Å²) in [5.41, 5.74) is 0.892. The molecule has 2 N–H and O–H groups in total. The lowest BCUT2D eigenvalue weighted by molar-refractivity contribution is 0.0608. The molecule has 7 nitrogen and oxygen atoms in total. The van der Waals surface area contributed by atoms with Crippen molar-refractivity contribution in [1.29, 1.82) is 0 Å². The largest absolute Gasteiger partial charge is 0.478 e. The number of hydrogen-bond donors (Lipinski definition) is 2. The van der Waals surface area contributed by atoms with Crippen molar-refractivity contribution in [3.63, 3.8) is 0 Å². The number of pyridine rings is 1. The molecule has 1 atom stereocenters. The molecule has 1 aliphatic rings. The average Bonchev–Trinajstić information content (AvgIpc) is 2.74. The van der Waals surface area contributed by atoms with Gasteiger partial charge >= 0.3 is 6.03 Å². The van der Waals surface area contributed by atoms with Gasteiger partial charge in [-0.1, -0.05) is 29.8 Å².